The zero-order valence-corrected chi connectivity index (χ0v) is 11.1. The lowest BCUT2D eigenvalue weighted by atomic mass is 10.4. The predicted octanol–water partition coefficient (Wildman–Crippen LogP) is 1.49. The molecular formula is C12H18N6O. The van der Waals surface area contributed by atoms with Gasteiger partial charge in [0.15, 0.2) is 0 Å². The Labute approximate surface area is 111 Å². The van der Waals surface area contributed by atoms with Crippen LogP contribution in [-0.2, 0) is 19.4 Å². The van der Waals surface area contributed by atoms with Gasteiger partial charge in [0, 0.05) is 18.9 Å². The Morgan fingerprint density at radius 2 is 2.00 bits per heavy atom. The second-order valence-corrected chi connectivity index (χ2v) is 3.98. The normalized spacial score (nSPS) is 10.5. The molecule has 7 heteroatoms. The number of aryl methyl sites for hydroxylation is 2. The molecule has 2 aromatic rings. The Morgan fingerprint density at radius 1 is 1.21 bits per heavy atom. The number of oxazole rings is 1. The van der Waals surface area contributed by atoms with Gasteiger partial charge in [-0.2, -0.15) is 0 Å². The Morgan fingerprint density at radius 3 is 2.63 bits per heavy atom. The summed E-state index contributed by atoms with van der Waals surface area (Å²) in [4.78, 5) is 12.7. The van der Waals surface area contributed by atoms with Gasteiger partial charge in [0.1, 0.15) is 23.2 Å². The summed E-state index contributed by atoms with van der Waals surface area (Å²) in [5.74, 6) is 8.87. The molecule has 0 aliphatic heterocycles. The van der Waals surface area contributed by atoms with Crippen molar-refractivity contribution >= 4 is 11.6 Å². The Bertz CT molecular complexity index is 517. The van der Waals surface area contributed by atoms with Crippen LogP contribution in [0.25, 0.3) is 0 Å². The van der Waals surface area contributed by atoms with Crippen LogP contribution in [-0.4, -0.2) is 15.0 Å². The lowest BCUT2D eigenvalue weighted by molar-refractivity contribution is 0.465. The maximum Gasteiger partial charge on any atom is 0.213 e. The first-order valence-electron chi connectivity index (χ1n) is 6.27. The van der Waals surface area contributed by atoms with Crippen molar-refractivity contribution in [3.05, 3.63) is 29.7 Å². The lowest BCUT2D eigenvalue weighted by Crippen LogP contribution is -2.12. The summed E-state index contributed by atoms with van der Waals surface area (Å²) in [6, 6.07) is 1.74. The van der Waals surface area contributed by atoms with E-state index in [0.29, 0.717) is 24.1 Å². The van der Waals surface area contributed by atoms with Crippen molar-refractivity contribution in [2.45, 2.75) is 33.2 Å². The molecule has 0 fully saturated rings. The van der Waals surface area contributed by atoms with Crippen molar-refractivity contribution in [2.24, 2.45) is 5.84 Å². The first kappa shape index (κ1) is 13.3. The molecule has 0 aromatic carbocycles. The van der Waals surface area contributed by atoms with E-state index in [2.05, 4.69) is 25.7 Å². The summed E-state index contributed by atoms with van der Waals surface area (Å²) < 4.78 is 5.51. The van der Waals surface area contributed by atoms with Crippen LogP contribution in [0.2, 0.25) is 0 Å². The molecule has 2 aromatic heterocycles. The molecule has 4 N–H and O–H groups in total. The highest BCUT2D eigenvalue weighted by Crippen LogP contribution is 2.12. The van der Waals surface area contributed by atoms with Crippen LogP contribution in [0.15, 0.2) is 16.7 Å². The van der Waals surface area contributed by atoms with Gasteiger partial charge in [-0.3, -0.25) is 0 Å². The summed E-state index contributed by atoms with van der Waals surface area (Å²) in [6.07, 6.45) is 3.31. The Kier molecular flexibility index (Phi) is 4.30. The molecule has 7 nitrogen and oxygen atoms in total. The monoisotopic (exact) mass is 262 g/mol. The molecule has 0 atom stereocenters. The van der Waals surface area contributed by atoms with Crippen molar-refractivity contribution in [2.75, 3.05) is 10.7 Å². The fraction of sp³-hybridized carbons (Fsp3) is 0.417. The second-order valence-electron chi connectivity index (χ2n) is 3.98. The van der Waals surface area contributed by atoms with Gasteiger partial charge in [-0.15, -0.1) is 0 Å². The number of nitrogens with two attached hydrogens (primary N) is 1. The first-order chi connectivity index (χ1) is 9.25. The van der Waals surface area contributed by atoms with E-state index in [1.807, 2.05) is 13.8 Å². The molecule has 19 heavy (non-hydrogen) atoms. The average Bonchev–Trinajstić information content (AvgIpc) is 2.92. The van der Waals surface area contributed by atoms with Crippen LogP contribution in [0.5, 0.6) is 0 Å². The van der Waals surface area contributed by atoms with E-state index in [0.717, 1.165) is 24.4 Å². The van der Waals surface area contributed by atoms with Gasteiger partial charge < -0.3 is 15.2 Å². The van der Waals surface area contributed by atoms with Crippen LogP contribution < -0.4 is 16.6 Å². The minimum Gasteiger partial charge on any atom is -0.444 e. The molecule has 0 aliphatic carbocycles. The van der Waals surface area contributed by atoms with Crippen LogP contribution in [0, 0.1) is 0 Å². The Balaban J connectivity index is 2.05. The number of hydrazine groups is 1. The molecule has 2 heterocycles. The third-order valence-corrected chi connectivity index (χ3v) is 2.61. The SMILES string of the molecule is CCc1nc(NN)cc(NCc2ncc(CC)o2)n1. The number of nitrogens with zero attached hydrogens (tertiary/aromatic N) is 3. The second kappa shape index (κ2) is 6.14. The van der Waals surface area contributed by atoms with Gasteiger partial charge in [-0.25, -0.2) is 20.8 Å². The lowest BCUT2D eigenvalue weighted by Gasteiger charge is -2.07. The molecule has 0 unspecified atom stereocenters. The molecule has 0 bridgehead atoms. The molecule has 0 spiro atoms. The summed E-state index contributed by atoms with van der Waals surface area (Å²) in [5.41, 5.74) is 2.52. The smallest absolute Gasteiger partial charge is 0.213 e. The van der Waals surface area contributed by atoms with Crippen molar-refractivity contribution in [1.29, 1.82) is 0 Å². The fourth-order valence-corrected chi connectivity index (χ4v) is 1.58. The number of nitrogen functional groups attached to an aromatic ring is 1. The fourth-order valence-electron chi connectivity index (χ4n) is 1.58. The Hall–Kier alpha value is -2.15. The quantitative estimate of drug-likeness (QED) is 0.535. The van der Waals surface area contributed by atoms with Gasteiger partial charge in [0.05, 0.1) is 12.7 Å². The van der Waals surface area contributed by atoms with Crippen LogP contribution >= 0.6 is 0 Å². The van der Waals surface area contributed by atoms with Crippen molar-refractivity contribution in [1.82, 2.24) is 15.0 Å². The molecule has 102 valence electrons. The zero-order valence-electron chi connectivity index (χ0n) is 11.1. The predicted molar refractivity (Wildman–Crippen MR) is 72.4 cm³/mol. The summed E-state index contributed by atoms with van der Waals surface area (Å²) in [7, 11) is 0. The number of anilines is 2. The number of nitrogens with one attached hydrogen (secondary N) is 2. The zero-order chi connectivity index (χ0) is 13.7. The molecule has 0 radical (unpaired) electrons. The minimum absolute atomic E-state index is 0.476. The molecule has 0 saturated heterocycles. The molecular weight excluding hydrogens is 244 g/mol. The molecule has 0 saturated carbocycles. The number of hydrogen-bond donors (Lipinski definition) is 3. The summed E-state index contributed by atoms with van der Waals surface area (Å²) in [6.45, 7) is 4.49. The van der Waals surface area contributed by atoms with Crippen LogP contribution in [0.4, 0.5) is 11.6 Å². The van der Waals surface area contributed by atoms with E-state index in [-0.39, 0.29) is 0 Å². The highest BCUT2D eigenvalue weighted by Gasteiger charge is 2.05. The standard InChI is InChI=1S/C12H18N6O/c1-3-8-6-15-12(19-8)7-14-10-5-11(18-13)17-9(4-2)16-10/h5-6H,3-4,7,13H2,1-2H3,(H2,14,16,17,18). The van der Waals surface area contributed by atoms with Gasteiger partial charge in [-0.05, 0) is 0 Å². The maximum atomic E-state index is 5.51. The maximum absolute atomic E-state index is 5.51. The van der Waals surface area contributed by atoms with E-state index >= 15 is 0 Å². The molecule has 2 rings (SSSR count). The largest absolute Gasteiger partial charge is 0.444 e. The molecule has 0 aliphatic rings. The van der Waals surface area contributed by atoms with Gasteiger partial charge in [0.25, 0.3) is 0 Å². The number of rotatable bonds is 6. The number of hydrogen-bond acceptors (Lipinski definition) is 7. The van der Waals surface area contributed by atoms with Crippen LogP contribution in [0.1, 0.15) is 31.3 Å². The van der Waals surface area contributed by atoms with E-state index in [1.165, 1.54) is 0 Å². The van der Waals surface area contributed by atoms with Crippen molar-refractivity contribution < 1.29 is 4.42 Å². The summed E-state index contributed by atoms with van der Waals surface area (Å²) in [5, 5.41) is 3.14. The van der Waals surface area contributed by atoms with Crippen molar-refractivity contribution in [3.63, 3.8) is 0 Å². The highest BCUT2D eigenvalue weighted by molar-refractivity contribution is 5.46. The van der Waals surface area contributed by atoms with E-state index in [4.69, 9.17) is 10.3 Å². The van der Waals surface area contributed by atoms with E-state index in [1.54, 1.807) is 12.3 Å². The third kappa shape index (κ3) is 3.41. The van der Waals surface area contributed by atoms with Crippen molar-refractivity contribution in [3.8, 4) is 0 Å². The van der Waals surface area contributed by atoms with E-state index < -0.39 is 0 Å². The third-order valence-electron chi connectivity index (χ3n) is 2.61. The average molecular weight is 262 g/mol. The number of aromatic nitrogens is 3. The first-order valence-corrected chi connectivity index (χ1v) is 6.27. The van der Waals surface area contributed by atoms with Gasteiger partial charge in [0.2, 0.25) is 5.89 Å². The highest BCUT2D eigenvalue weighted by atomic mass is 16.4. The van der Waals surface area contributed by atoms with Gasteiger partial charge >= 0.3 is 0 Å². The minimum atomic E-state index is 0.476. The topological polar surface area (TPSA) is 102 Å². The summed E-state index contributed by atoms with van der Waals surface area (Å²) >= 11 is 0. The van der Waals surface area contributed by atoms with Gasteiger partial charge in [-0.1, -0.05) is 13.8 Å². The molecule has 0 amide bonds. The van der Waals surface area contributed by atoms with E-state index in [9.17, 15) is 0 Å². The van der Waals surface area contributed by atoms with Crippen LogP contribution in [0.3, 0.4) is 0 Å².